The van der Waals surface area contributed by atoms with Crippen LogP contribution in [0.25, 0.3) is 0 Å². The topological polar surface area (TPSA) is 38.9 Å². The van der Waals surface area contributed by atoms with Crippen molar-refractivity contribution in [3.8, 4) is 0 Å². The zero-order valence-electron chi connectivity index (χ0n) is 31.0. The van der Waals surface area contributed by atoms with Crippen LogP contribution in [-0.2, 0) is 0 Å². The molecule has 0 rings (SSSR count). The van der Waals surface area contributed by atoms with Crippen molar-refractivity contribution in [3.63, 3.8) is 0 Å². The summed E-state index contributed by atoms with van der Waals surface area (Å²) in [5.41, 5.74) is 0. The molecule has 0 amide bonds. The second-order valence-corrected chi connectivity index (χ2v) is 13.2. The van der Waals surface area contributed by atoms with Crippen molar-refractivity contribution >= 4 is 0 Å². The van der Waals surface area contributed by atoms with E-state index in [1.807, 2.05) is 0 Å². The maximum atomic E-state index is 2.25. The SMILES string of the molecule is C.C.C.C.C.C.C.C.CN(C)CN(C)CN(C)C.CN(C)CN(C)CN(C)C.CN(C)CN(C)CN(C)C.CN(C)CN(C)CN(C)C. The van der Waals surface area contributed by atoms with Crippen molar-refractivity contribution in [2.75, 3.05) is 194 Å². The fraction of sp³-hybridized carbons (Fsp3) is 1.00. The van der Waals surface area contributed by atoms with Gasteiger partial charge in [0.25, 0.3) is 0 Å². The van der Waals surface area contributed by atoms with E-state index in [1.54, 1.807) is 0 Å². The molecule has 0 bridgehead atoms. The predicted molar refractivity (Wildman–Crippen MR) is 233 cm³/mol. The van der Waals surface area contributed by atoms with Crippen LogP contribution in [0.2, 0.25) is 0 Å². The van der Waals surface area contributed by atoms with Gasteiger partial charge in [-0.1, -0.05) is 59.4 Å². The average molecular weight is 709 g/mol. The number of hydrogen-bond donors (Lipinski definition) is 0. The second-order valence-electron chi connectivity index (χ2n) is 13.2. The van der Waals surface area contributed by atoms with E-state index in [1.165, 1.54) is 0 Å². The van der Waals surface area contributed by atoms with Crippen molar-refractivity contribution in [2.45, 2.75) is 59.4 Å². The van der Waals surface area contributed by atoms with Gasteiger partial charge < -0.3 is 0 Å². The van der Waals surface area contributed by atoms with Crippen molar-refractivity contribution < 1.29 is 0 Å². The van der Waals surface area contributed by atoms with Crippen LogP contribution < -0.4 is 0 Å². The molecule has 0 aliphatic carbocycles. The van der Waals surface area contributed by atoms with Crippen LogP contribution in [0.4, 0.5) is 0 Å². The molecule has 0 unspecified atom stereocenters. The van der Waals surface area contributed by atoms with Crippen molar-refractivity contribution in [3.05, 3.63) is 0 Å². The molecule has 0 heterocycles. The van der Waals surface area contributed by atoms with E-state index >= 15 is 0 Å². The number of rotatable bonds is 16. The minimum atomic E-state index is 0. The fourth-order valence-electron chi connectivity index (χ4n) is 4.04. The molecule has 0 N–H and O–H groups in total. The highest BCUT2D eigenvalue weighted by atomic mass is 15.4. The Morgan fingerprint density at radius 3 is 0.271 bits per heavy atom. The molecular weight excluding hydrogens is 600 g/mol. The lowest BCUT2D eigenvalue weighted by molar-refractivity contribution is 0.147. The zero-order chi connectivity index (χ0) is 32.6. The fourth-order valence-corrected chi connectivity index (χ4v) is 4.04. The summed E-state index contributed by atoms with van der Waals surface area (Å²) in [5, 5.41) is 0. The minimum absolute atomic E-state index is 0. The summed E-state index contributed by atoms with van der Waals surface area (Å²) in [6.45, 7) is 8.10. The normalized spacial score (nSPS) is 10.0. The predicted octanol–water partition coefficient (Wildman–Crippen LogP) is 4.91. The highest BCUT2D eigenvalue weighted by Crippen LogP contribution is 1.87. The second kappa shape index (κ2) is 50.9. The molecule has 0 aromatic rings. The smallest absolute Gasteiger partial charge is 0.0509 e. The summed E-state index contributed by atoms with van der Waals surface area (Å²) in [6, 6.07) is 0. The third-order valence-electron chi connectivity index (χ3n) is 4.19. The third-order valence-corrected chi connectivity index (χ3v) is 4.19. The van der Waals surface area contributed by atoms with E-state index in [0.29, 0.717) is 0 Å². The molecule has 0 atom stereocenters. The van der Waals surface area contributed by atoms with Crippen molar-refractivity contribution in [1.29, 1.82) is 0 Å². The van der Waals surface area contributed by atoms with E-state index in [0.717, 1.165) is 53.3 Å². The molecule has 12 heteroatoms. The van der Waals surface area contributed by atoms with E-state index in [-0.39, 0.29) is 59.4 Å². The van der Waals surface area contributed by atoms with Gasteiger partial charge in [0, 0.05) is 0 Å². The maximum absolute atomic E-state index is 2.25. The molecule has 0 radical (unpaired) electrons. The standard InChI is InChI=1S/4C7H19N3.8CH4/c4*1-8(2)6-10(5)7-9(3)4;;;;;;;;/h4*6-7H2,1-5H3;8*1H4. The Bertz CT molecular complexity index is 375. The van der Waals surface area contributed by atoms with E-state index in [2.05, 4.69) is 200 Å². The molecule has 0 aromatic heterocycles. The Kier molecular flexibility index (Phi) is 86.4. The molecule has 0 fully saturated rings. The molecule has 0 spiro atoms. The highest BCUT2D eigenvalue weighted by molar-refractivity contribution is 4.48. The first-order chi connectivity index (χ1) is 18.1. The molecule has 48 heavy (non-hydrogen) atoms. The van der Waals surface area contributed by atoms with Crippen LogP contribution >= 0.6 is 0 Å². The summed E-state index contributed by atoms with van der Waals surface area (Å²) >= 11 is 0. The lowest BCUT2D eigenvalue weighted by Gasteiger charge is -2.24. The molecular formula is C36H108N12. The summed E-state index contributed by atoms with van der Waals surface area (Å²) in [7, 11) is 41.7. The third kappa shape index (κ3) is 90.8. The average Bonchev–Trinajstić information content (AvgIpc) is 2.63. The Labute approximate surface area is 312 Å². The molecule has 312 valence electrons. The summed E-state index contributed by atoms with van der Waals surface area (Å²) in [5.74, 6) is 0. The van der Waals surface area contributed by atoms with Crippen LogP contribution in [-0.4, -0.2) is 253 Å². The van der Waals surface area contributed by atoms with Crippen LogP contribution in [0, 0.1) is 0 Å². The van der Waals surface area contributed by atoms with Gasteiger partial charge in [-0.25, -0.2) is 0 Å². The molecule has 12 nitrogen and oxygen atoms in total. The molecule has 0 saturated carbocycles. The molecule has 0 aromatic carbocycles. The monoisotopic (exact) mass is 709 g/mol. The van der Waals surface area contributed by atoms with Gasteiger partial charge in [0.1, 0.15) is 0 Å². The van der Waals surface area contributed by atoms with Gasteiger partial charge in [-0.15, -0.1) is 0 Å². The van der Waals surface area contributed by atoms with Crippen molar-refractivity contribution in [1.82, 2.24) is 58.8 Å². The Balaban J connectivity index is -0.0000000341. The zero-order valence-corrected chi connectivity index (χ0v) is 31.0. The molecule has 0 aliphatic heterocycles. The van der Waals surface area contributed by atoms with E-state index in [4.69, 9.17) is 0 Å². The van der Waals surface area contributed by atoms with Crippen LogP contribution in [0.5, 0.6) is 0 Å². The molecule has 0 saturated heterocycles. The summed E-state index contributed by atoms with van der Waals surface area (Å²) in [6.07, 6.45) is 0. The highest BCUT2D eigenvalue weighted by Gasteiger charge is 2.01. The first-order valence-corrected chi connectivity index (χ1v) is 14.0. The Morgan fingerprint density at radius 1 is 0.167 bits per heavy atom. The first-order valence-electron chi connectivity index (χ1n) is 14.0. The molecule has 0 aliphatic rings. The lowest BCUT2D eigenvalue weighted by Crippen LogP contribution is -2.36. The lowest BCUT2D eigenvalue weighted by atomic mass is 10.7. The van der Waals surface area contributed by atoms with Gasteiger partial charge in [-0.2, -0.15) is 0 Å². The number of nitrogens with zero attached hydrogens (tertiary/aromatic N) is 12. The Morgan fingerprint density at radius 2 is 0.229 bits per heavy atom. The van der Waals surface area contributed by atoms with Crippen molar-refractivity contribution in [2.24, 2.45) is 0 Å². The maximum Gasteiger partial charge on any atom is 0.0509 e. The largest absolute Gasteiger partial charge is 0.297 e. The van der Waals surface area contributed by atoms with Crippen LogP contribution in [0.1, 0.15) is 59.4 Å². The van der Waals surface area contributed by atoms with Gasteiger partial charge >= 0.3 is 0 Å². The van der Waals surface area contributed by atoms with E-state index < -0.39 is 0 Å². The van der Waals surface area contributed by atoms with Gasteiger partial charge in [0.15, 0.2) is 0 Å². The van der Waals surface area contributed by atoms with Gasteiger partial charge in [0.05, 0.1) is 53.3 Å². The summed E-state index contributed by atoms with van der Waals surface area (Å²) in [4.78, 5) is 26.2. The van der Waals surface area contributed by atoms with E-state index in [9.17, 15) is 0 Å². The Hall–Kier alpha value is -0.480. The van der Waals surface area contributed by atoms with Gasteiger partial charge in [-0.3, -0.25) is 58.8 Å². The quantitative estimate of drug-likeness (QED) is 0.205. The first kappa shape index (κ1) is 81.5. The number of hydrogen-bond acceptors (Lipinski definition) is 12. The van der Waals surface area contributed by atoms with Crippen LogP contribution in [0.3, 0.4) is 0 Å². The minimum Gasteiger partial charge on any atom is -0.297 e. The summed E-state index contributed by atoms with van der Waals surface area (Å²) < 4.78 is 0. The van der Waals surface area contributed by atoms with Gasteiger partial charge in [0.2, 0.25) is 0 Å². The van der Waals surface area contributed by atoms with Gasteiger partial charge in [-0.05, 0) is 141 Å². The van der Waals surface area contributed by atoms with Crippen LogP contribution in [0.15, 0.2) is 0 Å².